The van der Waals surface area contributed by atoms with E-state index in [0.29, 0.717) is 19.1 Å². The summed E-state index contributed by atoms with van der Waals surface area (Å²) in [5, 5.41) is 10.5. The van der Waals surface area contributed by atoms with Gasteiger partial charge in [0.2, 0.25) is 0 Å². The monoisotopic (exact) mass is 326 g/mol. The van der Waals surface area contributed by atoms with Gasteiger partial charge in [0.05, 0.1) is 23.8 Å². The van der Waals surface area contributed by atoms with Crippen molar-refractivity contribution in [3.8, 4) is 11.5 Å². The van der Waals surface area contributed by atoms with Crippen molar-refractivity contribution in [1.82, 2.24) is 0 Å². The first kappa shape index (κ1) is 13.3. The van der Waals surface area contributed by atoms with E-state index in [1.807, 2.05) is 12.1 Å². The van der Waals surface area contributed by atoms with Crippen molar-refractivity contribution in [2.75, 3.05) is 13.2 Å². The second-order valence-corrected chi connectivity index (χ2v) is 6.22. The lowest BCUT2D eigenvalue weighted by molar-refractivity contribution is 0.111. The minimum Gasteiger partial charge on any atom is -0.490 e. The molecule has 1 fully saturated rings. The van der Waals surface area contributed by atoms with Gasteiger partial charge in [0, 0.05) is 6.42 Å². The van der Waals surface area contributed by atoms with Crippen LogP contribution in [-0.4, -0.2) is 18.3 Å². The molecular formula is C15H19BrO3. The largest absolute Gasteiger partial charge is 0.490 e. The molecule has 1 unspecified atom stereocenters. The second-order valence-electron chi connectivity index (χ2n) is 5.37. The molecule has 0 bridgehead atoms. The molecule has 104 valence electrons. The second kappa shape index (κ2) is 5.71. The summed E-state index contributed by atoms with van der Waals surface area (Å²) < 4.78 is 12.3. The Morgan fingerprint density at radius 2 is 1.84 bits per heavy atom. The molecule has 0 aromatic heterocycles. The van der Waals surface area contributed by atoms with Crippen LogP contribution in [-0.2, 0) is 0 Å². The van der Waals surface area contributed by atoms with Crippen molar-refractivity contribution >= 4 is 15.9 Å². The first-order valence-corrected chi connectivity index (χ1v) is 7.82. The number of rotatable bonds is 2. The van der Waals surface area contributed by atoms with E-state index in [0.717, 1.165) is 40.8 Å². The molecule has 0 saturated heterocycles. The van der Waals surface area contributed by atoms with E-state index >= 15 is 0 Å². The number of hydrogen-bond donors (Lipinski definition) is 1. The molecule has 3 nitrogen and oxygen atoms in total. The van der Waals surface area contributed by atoms with E-state index < -0.39 is 6.10 Å². The van der Waals surface area contributed by atoms with Crippen LogP contribution in [0.4, 0.5) is 0 Å². The molecule has 1 aliphatic heterocycles. The Bertz CT molecular complexity index is 455. The molecule has 1 atom stereocenters. The van der Waals surface area contributed by atoms with Gasteiger partial charge in [0.15, 0.2) is 11.5 Å². The zero-order valence-corrected chi connectivity index (χ0v) is 12.5. The van der Waals surface area contributed by atoms with Crippen LogP contribution >= 0.6 is 15.9 Å². The van der Waals surface area contributed by atoms with Crippen molar-refractivity contribution in [1.29, 1.82) is 0 Å². The summed E-state index contributed by atoms with van der Waals surface area (Å²) in [6.45, 7) is 1.35. The fourth-order valence-corrected chi connectivity index (χ4v) is 3.54. The molecule has 1 N–H and O–H groups in total. The first-order valence-electron chi connectivity index (χ1n) is 7.03. The molecule has 19 heavy (non-hydrogen) atoms. The van der Waals surface area contributed by atoms with Crippen molar-refractivity contribution < 1.29 is 14.6 Å². The molecule has 0 radical (unpaired) electrons. The molecule has 1 aromatic rings. The van der Waals surface area contributed by atoms with Gasteiger partial charge in [-0.25, -0.2) is 0 Å². The number of aliphatic hydroxyl groups excluding tert-OH is 1. The van der Waals surface area contributed by atoms with Crippen LogP contribution in [0.1, 0.15) is 43.8 Å². The fourth-order valence-electron chi connectivity index (χ4n) is 2.97. The topological polar surface area (TPSA) is 38.7 Å². The quantitative estimate of drug-likeness (QED) is 0.897. The molecule has 1 saturated carbocycles. The Kier molecular flexibility index (Phi) is 3.99. The zero-order chi connectivity index (χ0) is 13.2. The van der Waals surface area contributed by atoms with Gasteiger partial charge in [0.25, 0.3) is 0 Å². The van der Waals surface area contributed by atoms with Crippen LogP contribution in [0.15, 0.2) is 16.6 Å². The third-order valence-electron chi connectivity index (χ3n) is 4.01. The van der Waals surface area contributed by atoms with Gasteiger partial charge < -0.3 is 14.6 Å². The normalized spacial score (nSPS) is 21.2. The van der Waals surface area contributed by atoms with Gasteiger partial charge >= 0.3 is 0 Å². The molecular weight excluding hydrogens is 308 g/mol. The van der Waals surface area contributed by atoms with Crippen LogP contribution in [0.2, 0.25) is 0 Å². The predicted molar refractivity (Wildman–Crippen MR) is 76.7 cm³/mol. The third kappa shape index (κ3) is 2.75. The highest BCUT2D eigenvalue weighted by Gasteiger charge is 2.26. The molecule has 0 amide bonds. The number of fused-ring (bicyclic) bond motifs is 1. The summed E-state index contributed by atoms with van der Waals surface area (Å²) in [6, 6.07) is 3.91. The van der Waals surface area contributed by atoms with E-state index in [2.05, 4.69) is 15.9 Å². The summed E-state index contributed by atoms with van der Waals surface area (Å²) in [6.07, 6.45) is 5.19. The van der Waals surface area contributed by atoms with Gasteiger partial charge in [-0.3, -0.25) is 0 Å². The number of hydrogen-bond acceptors (Lipinski definition) is 3. The highest BCUT2D eigenvalue weighted by molar-refractivity contribution is 9.10. The lowest BCUT2D eigenvalue weighted by atomic mass is 9.94. The molecule has 0 spiro atoms. The van der Waals surface area contributed by atoms with Crippen molar-refractivity contribution in [2.45, 2.75) is 38.2 Å². The summed E-state index contributed by atoms with van der Waals surface area (Å²) in [7, 11) is 0. The van der Waals surface area contributed by atoms with Crippen molar-refractivity contribution in [3.05, 3.63) is 22.2 Å². The van der Waals surface area contributed by atoms with Crippen LogP contribution in [0.3, 0.4) is 0 Å². The lowest BCUT2D eigenvalue weighted by Gasteiger charge is -2.20. The zero-order valence-electron chi connectivity index (χ0n) is 10.9. The predicted octanol–water partition coefficient (Wildman–Crippen LogP) is 3.83. The Hall–Kier alpha value is -0.740. The standard InChI is InChI=1S/C15H19BrO3/c16-12-8-11(14(17)10-4-1-2-5-10)9-13-15(12)19-7-3-6-18-13/h8-10,14,17H,1-7H2. The van der Waals surface area contributed by atoms with Gasteiger partial charge in [-0.2, -0.15) is 0 Å². The highest BCUT2D eigenvalue weighted by atomic mass is 79.9. The number of halogens is 1. The minimum absolute atomic E-state index is 0.386. The molecule has 1 heterocycles. The third-order valence-corrected chi connectivity index (χ3v) is 4.60. The summed E-state index contributed by atoms with van der Waals surface area (Å²) in [5.74, 6) is 1.90. The Balaban J connectivity index is 1.89. The summed E-state index contributed by atoms with van der Waals surface area (Å²) in [5.41, 5.74) is 0.933. The molecule has 3 rings (SSSR count). The van der Waals surface area contributed by atoms with E-state index in [1.165, 1.54) is 12.8 Å². The van der Waals surface area contributed by atoms with E-state index in [1.54, 1.807) is 0 Å². The SMILES string of the molecule is OC(c1cc(Br)c2c(c1)OCCCO2)C1CCCC1. The lowest BCUT2D eigenvalue weighted by Crippen LogP contribution is -2.09. The molecule has 2 aliphatic rings. The van der Waals surface area contributed by atoms with Crippen LogP contribution < -0.4 is 9.47 Å². The highest BCUT2D eigenvalue weighted by Crippen LogP contribution is 2.42. The average Bonchev–Trinajstić information content (AvgIpc) is 2.83. The Labute approximate surface area is 122 Å². The maximum atomic E-state index is 10.5. The minimum atomic E-state index is -0.393. The van der Waals surface area contributed by atoms with E-state index in [4.69, 9.17) is 9.47 Å². The van der Waals surface area contributed by atoms with Crippen molar-refractivity contribution in [3.63, 3.8) is 0 Å². The average molecular weight is 327 g/mol. The van der Waals surface area contributed by atoms with E-state index in [-0.39, 0.29) is 0 Å². The van der Waals surface area contributed by atoms with E-state index in [9.17, 15) is 5.11 Å². The van der Waals surface area contributed by atoms with Gasteiger partial charge in [-0.1, -0.05) is 12.8 Å². The molecule has 1 aliphatic carbocycles. The Morgan fingerprint density at radius 3 is 2.63 bits per heavy atom. The number of ether oxygens (including phenoxy) is 2. The molecule has 4 heteroatoms. The van der Waals surface area contributed by atoms with Crippen LogP contribution in [0, 0.1) is 5.92 Å². The van der Waals surface area contributed by atoms with Crippen LogP contribution in [0.5, 0.6) is 11.5 Å². The number of aliphatic hydroxyl groups is 1. The van der Waals surface area contributed by atoms with Gasteiger partial charge in [0.1, 0.15) is 0 Å². The maximum Gasteiger partial charge on any atom is 0.175 e. The fraction of sp³-hybridized carbons (Fsp3) is 0.600. The summed E-state index contributed by atoms with van der Waals surface area (Å²) in [4.78, 5) is 0. The van der Waals surface area contributed by atoms with Crippen molar-refractivity contribution in [2.24, 2.45) is 5.92 Å². The first-order chi connectivity index (χ1) is 9.25. The van der Waals surface area contributed by atoms with Gasteiger partial charge in [-0.05, 0) is 52.4 Å². The molecule has 1 aromatic carbocycles. The summed E-state index contributed by atoms with van der Waals surface area (Å²) >= 11 is 3.53. The Morgan fingerprint density at radius 1 is 1.11 bits per heavy atom. The maximum absolute atomic E-state index is 10.5. The van der Waals surface area contributed by atoms with Crippen LogP contribution in [0.25, 0.3) is 0 Å². The van der Waals surface area contributed by atoms with Gasteiger partial charge in [-0.15, -0.1) is 0 Å². The smallest absolute Gasteiger partial charge is 0.175 e. The number of benzene rings is 1.